The van der Waals surface area contributed by atoms with Crippen LogP contribution in [-0.2, 0) is 11.3 Å². The Bertz CT molecular complexity index is 500. The highest BCUT2D eigenvalue weighted by atomic mass is 79.9. The lowest BCUT2D eigenvalue weighted by Gasteiger charge is -2.18. The van der Waals surface area contributed by atoms with Crippen LogP contribution in [0.2, 0.25) is 0 Å². The molecule has 1 aromatic carbocycles. The highest BCUT2D eigenvalue weighted by Gasteiger charge is 2.16. The van der Waals surface area contributed by atoms with Crippen LogP contribution < -0.4 is 15.4 Å². The number of rotatable bonds is 8. The molecule has 0 bridgehead atoms. The summed E-state index contributed by atoms with van der Waals surface area (Å²) in [7, 11) is 0. The Morgan fingerprint density at radius 3 is 2.64 bits per heavy atom. The molecule has 0 aromatic heterocycles. The number of alkyl halides is 2. The molecule has 1 amide bonds. The van der Waals surface area contributed by atoms with Gasteiger partial charge in [0.15, 0.2) is 0 Å². The van der Waals surface area contributed by atoms with Gasteiger partial charge in [-0.3, -0.25) is 4.79 Å². The van der Waals surface area contributed by atoms with Crippen molar-refractivity contribution in [3.8, 4) is 5.75 Å². The van der Waals surface area contributed by atoms with Gasteiger partial charge in [0, 0.05) is 22.6 Å². The SMILES string of the molecule is CCC(C)NC(=O)C(C)NCc1cc(Br)ccc1OC(F)F. The second-order valence-corrected chi connectivity index (χ2v) is 5.97. The number of carbonyl (C=O) groups is 1. The van der Waals surface area contributed by atoms with E-state index >= 15 is 0 Å². The van der Waals surface area contributed by atoms with Crippen molar-refractivity contribution in [3.05, 3.63) is 28.2 Å². The van der Waals surface area contributed by atoms with Crippen LogP contribution in [0.5, 0.6) is 5.75 Å². The zero-order valence-electron chi connectivity index (χ0n) is 12.8. The highest BCUT2D eigenvalue weighted by molar-refractivity contribution is 9.10. The quantitative estimate of drug-likeness (QED) is 0.728. The van der Waals surface area contributed by atoms with E-state index in [1.54, 1.807) is 19.1 Å². The van der Waals surface area contributed by atoms with Crippen LogP contribution in [0.4, 0.5) is 8.78 Å². The van der Waals surface area contributed by atoms with Crippen molar-refractivity contribution >= 4 is 21.8 Å². The fraction of sp³-hybridized carbons (Fsp3) is 0.533. The summed E-state index contributed by atoms with van der Waals surface area (Å²) < 4.78 is 30.0. The molecule has 22 heavy (non-hydrogen) atoms. The van der Waals surface area contributed by atoms with E-state index in [2.05, 4.69) is 31.3 Å². The Kier molecular flexibility index (Phi) is 7.75. The number of nitrogens with one attached hydrogen (secondary N) is 2. The molecule has 0 aliphatic heterocycles. The third-order valence-corrected chi connectivity index (χ3v) is 3.72. The molecule has 4 nitrogen and oxygen atoms in total. The summed E-state index contributed by atoms with van der Waals surface area (Å²) in [6.45, 7) is 3.00. The summed E-state index contributed by atoms with van der Waals surface area (Å²) in [5.41, 5.74) is 0.554. The van der Waals surface area contributed by atoms with Crippen LogP contribution in [0.15, 0.2) is 22.7 Å². The third kappa shape index (κ3) is 6.27. The fourth-order valence-electron chi connectivity index (χ4n) is 1.72. The van der Waals surface area contributed by atoms with E-state index in [1.165, 1.54) is 6.07 Å². The number of carbonyl (C=O) groups excluding carboxylic acids is 1. The first kappa shape index (κ1) is 18.8. The molecule has 2 atom stereocenters. The molecule has 0 aliphatic rings. The standard InChI is InChI=1S/C15H21BrF2N2O2/c1-4-9(2)20-14(21)10(3)19-8-11-7-12(16)5-6-13(11)22-15(17)18/h5-7,9-10,15,19H,4,8H2,1-3H3,(H,20,21). The van der Waals surface area contributed by atoms with Crippen molar-refractivity contribution < 1.29 is 18.3 Å². The lowest BCUT2D eigenvalue weighted by molar-refractivity contribution is -0.123. The molecular weight excluding hydrogens is 358 g/mol. The minimum absolute atomic E-state index is 0.0974. The van der Waals surface area contributed by atoms with Gasteiger partial charge < -0.3 is 15.4 Å². The summed E-state index contributed by atoms with van der Waals surface area (Å²) >= 11 is 3.29. The molecule has 0 heterocycles. The average Bonchev–Trinajstić information content (AvgIpc) is 2.46. The number of hydrogen-bond acceptors (Lipinski definition) is 3. The van der Waals surface area contributed by atoms with Crippen molar-refractivity contribution in [2.45, 2.75) is 52.4 Å². The maximum Gasteiger partial charge on any atom is 0.387 e. The van der Waals surface area contributed by atoms with Crippen molar-refractivity contribution in [1.82, 2.24) is 10.6 Å². The summed E-state index contributed by atoms with van der Waals surface area (Å²) in [4.78, 5) is 11.9. The first-order valence-electron chi connectivity index (χ1n) is 7.10. The first-order chi connectivity index (χ1) is 10.3. The van der Waals surface area contributed by atoms with Crippen LogP contribution in [0.3, 0.4) is 0 Å². The first-order valence-corrected chi connectivity index (χ1v) is 7.89. The summed E-state index contributed by atoms with van der Waals surface area (Å²) in [6, 6.07) is 4.44. The van der Waals surface area contributed by atoms with E-state index in [9.17, 15) is 13.6 Å². The molecule has 0 saturated heterocycles. The molecule has 2 N–H and O–H groups in total. The van der Waals surface area contributed by atoms with Gasteiger partial charge in [0.2, 0.25) is 5.91 Å². The average molecular weight is 379 g/mol. The van der Waals surface area contributed by atoms with Crippen molar-refractivity contribution in [2.24, 2.45) is 0 Å². The molecule has 124 valence electrons. The molecule has 1 rings (SSSR count). The number of benzene rings is 1. The second-order valence-electron chi connectivity index (χ2n) is 5.05. The predicted octanol–water partition coefficient (Wildman–Crippen LogP) is 3.44. The Labute approximate surface area is 137 Å². The molecule has 1 aromatic rings. The van der Waals surface area contributed by atoms with E-state index in [4.69, 9.17) is 0 Å². The van der Waals surface area contributed by atoms with E-state index in [1.807, 2.05) is 13.8 Å². The summed E-state index contributed by atoms with van der Waals surface area (Å²) in [6.07, 6.45) is 0.844. The monoisotopic (exact) mass is 378 g/mol. The predicted molar refractivity (Wildman–Crippen MR) is 85.0 cm³/mol. The fourth-order valence-corrected chi connectivity index (χ4v) is 2.13. The normalized spacial score (nSPS) is 13.8. The minimum Gasteiger partial charge on any atom is -0.434 e. The van der Waals surface area contributed by atoms with Gasteiger partial charge in [-0.1, -0.05) is 22.9 Å². The second kappa shape index (κ2) is 9.05. The Balaban J connectivity index is 2.66. The van der Waals surface area contributed by atoms with Crippen LogP contribution >= 0.6 is 15.9 Å². The molecule has 2 unspecified atom stereocenters. The van der Waals surface area contributed by atoms with Gasteiger partial charge in [0.25, 0.3) is 0 Å². The number of amides is 1. The van der Waals surface area contributed by atoms with E-state index in [0.29, 0.717) is 5.56 Å². The number of halogens is 3. The Hall–Kier alpha value is -1.21. The van der Waals surface area contributed by atoms with Gasteiger partial charge in [0.05, 0.1) is 6.04 Å². The van der Waals surface area contributed by atoms with E-state index in [0.717, 1.165) is 10.9 Å². The third-order valence-electron chi connectivity index (χ3n) is 3.23. The molecule has 7 heteroatoms. The zero-order chi connectivity index (χ0) is 16.7. The van der Waals surface area contributed by atoms with Crippen LogP contribution in [-0.4, -0.2) is 24.6 Å². The largest absolute Gasteiger partial charge is 0.434 e. The van der Waals surface area contributed by atoms with E-state index in [-0.39, 0.29) is 24.2 Å². The summed E-state index contributed by atoms with van der Waals surface area (Å²) in [5, 5.41) is 5.87. The van der Waals surface area contributed by atoms with Gasteiger partial charge in [0.1, 0.15) is 5.75 Å². The molecule has 0 saturated carbocycles. The van der Waals surface area contributed by atoms with Crippen molar-refractivity contribution in [2.75, 3.05) is 0 Å². The Morgan fingerprint density at radius 1 is 1.36 bits per heavy atom. The van der Waals surface area contributed by atoms with Gasteiger partial charge in [-0.05, 0) is 38.5 Å². The lowest BCUT2D eigenvalue weighted by atomic mass is 10.2. The molecular formula is C15H21BrF2N2O2. The number of hydrogen-bond donors (Lipinski definition) is 2. The molecule has 0 fully saturated rings. The number of ether oxygens (including phenoxy) is 1. The lowest BCUT2D eigenvalue weighted by Crippen LogP contribution is -2.45. The van der Waals surface area contributed by atoms with Crippen molar-refractivity contribution in [1.29, 1.82) is 0 Å². The zero-order valence-corrected chi connectivity index (χ0v) is 14.4. The van der Waals surface area contributed by atoms with Gasteiger partial charge in [-0.25, -0.2) is 0 Å². The van der Waals surface area contributed by atoms with Crippen LogP contribution in [0.1, 0.15) is 32.8 Å². The topological polar surface area (TPSA) is 50.4 Å². The van der Waals surface area contributed by atoms with Crippen LogP contribution in [0.25, 0.3) is 0 Å². The molecule has 0 aliphatic carbocycles. The maximum atomic E-state index is 12.4. The highest BCUT2D eigenvalue weighted by Crippen LogP contribution is 2.24. The smallest absolute Gasteiger partial charge is 0.387 e. The molecule has 0 radical (unpaired) electrons. The van der Waals surface area contributed by atoms with Crippen LogP contribution in [0, 0.1) is 0 Å². The summed E-state index contributed by atoms with van der Waals surface area (Å²) in [5.74, 6) is -0.0269. The maximum absolute atomic E-state index is 12.4. The van der Waals surface area contributed by atoms with Gasteiger partial charge in [-0.15, -0.1) is 0 Å². The minimum atomic E-state index is -2.88. The Morgan fingerprint density at radius 2 is 2.05 bits per heavy atom. The van der Waals surface area contributed by atoms with E-state index < -0.39 is 12.7 Å². The van der Waals surface area contributed by atoms with Gasteiger partial charge >= 0.3 is 6.61 Å². The molecule has 0 spiro atoms. The van der Waals surface area contributed by atoms with Crippen molar-refractivity contribution in [3.63, 3.8) is 0 Å². The van der Waals surface area contributed by atoms with Gasteiger partial charge in [-0.2, -0.15) is 8.78 Å².